The van der Waals surface area contributed by atoms with Gasteiger partial charge in [-0.3, -0.25) is 0 Å². The minimum atomic E-state index is 0.522. The van der Waals surface area contributed by atoms with Crippen LogP contribution in [0.3, 0.4) is 0 Å². The van der Waals surface area contributed by atoms with Crippen molar-refractivity contribution in [2.45, 2.75) is 5.88 Å². The van der Waals surface area contributed by atoms with Gasteiger partial charge in [-0.05, 0) is 29.1 Å². The zero-order valence-electron chi connectivity index (χ0n) is 10.3. The number of benzene rings is 3. The van der Waals surface area contributed by atoms with Gasteiger partial charge < -0.3 is 4.74 Å². The van der Waals surface area contributed by atoms with Gasteiger partial charge >= 0.3 is 0 Å². The van der Waals surface area contributed by atoms with Gasteiger partial charge in [-0.2, -0.15) is 0 Å². The molecule has 0 atom stereocenters. The number of hydrogen-bond acceptors (Lipinski definition) is 1. The highest BCUT2D eigenvalue weighted by Gasteiger charge is 2.02. The Hall–Kier alpha value is -1.99. The molecular weight excluding hydrogens is 256 g/mol. The highest BCUT2D eigenvalue weighted by molar-refractivity contribution is 6.17. The number of alkyl halides is 1. The van der Waals surface area contributed by atoms with Crippen LogP contribution in [-0.2, 0) is 5.88 Å². The van der Waals surface area contributed by atoms with Gasteiger partial charge in [0, 0.05) is 11.3 Å². The van der Waals surface area contributed by atoms with Crippen molar-refractivity contribution in [3.63, 3.8) is 0 Å². The van der Waals surface area contributed by atoms with Gasteiger partial charge in [0.1, 0.15) is 11.5 Å². The molecule has 0 bridgehead atoms. The van der Waals surface area contributed by atoms with E-state index in [0.29, 0.717) is 5.88 Å². The summed E-state index contributed by atoms with van der Waals surface area (Å²) in [7, 11) is 0. The maximum absolute atomic E-state index is 5.95. The summed E-state index contributed by atoms with van der Waals surface area (Å²) in [5.74, 6) is 2.22. The Morgan fingerprint density at radius 2 is 1.53 bits per heavy atom. The molecule has 0 aliphatic heterocycles. The SMILES string of the molecule is ClCc1ccc(Oc2cccc3ccccc23)cc1. The fraction of sp³-hybridized carbons (Fsp3) is 0.0588. The van der Waals surface area contributed by atoms with Gasteiger partial charge in [-0.1, -0.05) is 48.5 Å². The van der Waals surface area contributed by atoms with Crippen molar-refractivity contribution >= 4 is 22.4 Å². The summed E-state index contributed by atoms with van der Waals surface area (Å²) < 4.78 is 5.95. The molecule has 0 aromatic heterocycles. The first-order chi connectivity index (χ1) is 9.36. The van der Waals surface area contributed by atoms with Gasteiger partial charge in [-0.25, -0.2) is 0 Å². The van der Waals surface area contributed by atoms with Crippen molar-refractivity contribution in [1.29, 1.82) is 0 Å². The third kappa shape index (κ3) is 2.56. The van der Waals surface area contributed by atoms with E-state index in [4.69, 9.17) is 16.3 Å². The topological polar surface area (TPSA) is 9.23 Å². The highest BCUT2D eigenvalue weighted by Crippen LogP contribution is 2.29. The first-order valence-electron chi connectivity index (χ1n) is 6.17. The van der Waals surface area contributed by atoms with Crippen LogP contribution >= 0.6 is 11.6 Å². The third-order valence-electron chi connectivity index (χ3n) is 3.06. The maximum Gasteiger partial charge on any atom is 0.135 e. The van der Waals surface area contributed by atoms with Gasteiger partial charge in [0.25, 0.3) is 0 Å². The van der Waals surface area contributed by atoms with Crippen LogP contribution in [-0.4, -0.2) is 0 Å². The lowest BCUT2D eigenvalue weighted by molar-refractivity contribution is 0.488. The Bertz CT molecular complexity index is 684. The normalized spacial score (nSPS) is 10.6. The average Bonchev–Trinajstić information content (AvgIpc) is 2.48. The zero-order chi connectivity index (χ0) is 13.1. The minimum absolute atomic E-state index is 0.522. The van der Waals surface area contributed by atoms with Crippen LogP contribution in [0.25, 0.3) is 10.8 Å². The molecule has 0 saturated heterocycles. The Morgan fingerprint density at radius 3 is 2.32 bits per heavy atom. The molecule has 0 spiro atoms. The van der Waals surface area contributed by atoms with E-state index in [9.17, 15) is 0 Å². The molecule has 94 valence electrons. The van der Waals surface area contributed by atoms with Crippen LogP contribution in [0.15, 0.2) is 66.7 Å². The summed E-state index contributed by atoms with van der Waals surface area (Å²) in [5, 5.41) is 2.30. The number of halogens is 1. The zero-order valence-corrected chi connectivity index (χ0v) is 11.1. The van der Waals surface area contributed by atoms with E-state index in [2.05, 4.69) is 18.2 Å². The average molecular weight is 269 g/mol. The van der Waals surface area contributed by atoms with Crippen LogP contribution in [0.1, 0.15) is 5.56 Å². The van der Waals surface area contributed by atoms with Crippen molar-refractivity contribution in [3.05, 3.63) is 72.3 Å². The molecule has 0 aliphatic carbocycles. The molecule has 0 aliphatic rings. The second kappa shape index (κ2) is 5.33. The van der Waals surface area contributed by atoms with Crippen LogP contribution in [0, 0.1) is 0 Å². The van der Waals surface area contributed by atoms with E-state index in [-0.39, 0.29) is 0 Å². The van der Waals surface area contributed by atoms with Crippen molar-refractivity contribution in [2.24, 2.45) is 0 Å². The lowest BCUT2D eigenvalue weighted by atomic mass is 10.1. The lowest BCUT2D eigenvalue weighted by Gasteiger charge is -2.09. The molecule has 0 saturated carbocycles. The first kappa shape index (κ1) is 12.1. The summed E-state index contributed by atoms with van der Waals surface area (Å²) in [6.07, 6.45) is 0. The molecule has 3 aromatic rings. The summed E-state index contributed by atoms with van der Waals surface area (Å²) in [6.45, 7) is 0. The number of ether oxygens (including phenoxy) is 1. The molecule has 1 nitrogen and oxygen atoms in total. The van der Waals surface area contributed by atoms with E-state index in [1.807, 2.05) is 48.5 Å². The van der Waals surface area contributed by atoms with Gasteiger partial charge in [0.05, 0.1) is 0 Å². The molecule has 0 radical (unpaired) electrons. The Kier molecular flexibility index (Phi) is 3.39. The lowest BCUT2D eigenvalue weighted by Crippen LogP contribution is -1.86. The molecule has 3 rings (SSSR count). The van der Waals surface area contributed by atoms with Crippen molar-refractivity contribution < 1.29 is 4.74 Å². The highest BCUT2D eigenvalue weighted by atomic mass is 35.5. The molecule has 3 aromatic carbocycles. The maximum atomic E-state index is 5.95. The van der Waals surface area contributed by atoms with E-state index in [1.54, 1.807) is 0 Å². The quantitative estimate of drug-likeness (QED) is 0.580. The molecule has 0 fully saturated rings. The van der Waals surface area contributed by atoms with Crippen molar-refractivity contribution in [2.75, 3.05) is 0 Å². The summed E-state index contributed by atoms with van der Waals surface area (Å²) in [6, 6.07) is 22.1. The second-order valence-electron chi connectivity index (χ2n) is 4.36. The second-order valence-corrected chi connectivity index (χ2v) is 4.62. The van der Waals surface area contributed by atoms with Gasteiger partial charge in [0.2, 0.25) is 0 Å². The van der Waals surface area contributed by atoms with Crippen molar-refractivity contribution in [1.82, 2.24) is 0 Å². The van der Waals surface area contributed by atoms with Crippen LogP contribution in [0.5, 0.6) is 11.5 Å². The first-order valence-corrected chi connectivity index (χ1v) is 6.71. The Balaban J connectivity index is 1.96. The standard InChI is InChI=1S/C17H13ClO/c18-12-13-8-10-15(11-9-13)19-17-7-3-5-14-4-1-2-6-16(14)17/h1-11H,12H2. The predicted octanol–water partition coefficient (Wildman–Crippen LogP) is 5.37. The molecule has 0 amide bonds. The Morgan fingerprint density at radius 1 is 0.789 bits per heavy atom. The minimum Gasteiger partial charge on any atom is -0.457 e. The Labute approximate surface area is 117 Å². The summed E-state index contributed by atoms with van der Waals surface area (Å²) in [5.41, 5.74) is 1.09. The van der Waals surface area contributed by atoms with E-state index >= 15 is 0 Å². The molecule has 0 unspecified atom stereocenters. The predicted molar refractivity (Wildman–Crippen MR) is 80.0 cm³/mol. The smallest absolute Gasteiger partial charge is 0.135 e. The molecule has 0 heterocycles. The van der Waals surface area contributed by atoms with Crippen LogP contribution in [0.4, 0.5) is 0 Å². The van der Waals surface area contributed by atoms with E-state index in [1.165, 1.54) is 5.39 Å². The largest absolute Gasteiger partial charge is 0.457 e. The van der Waals surface area contributed by atoms with Gasteiger partial charge in [0.15, 0.2) is 0 Å². The fourth-order valence-corrected chi connectivity index (χ4v) is 2.24. The monoisotopic (exact) mass is 268 g/mol. The molecule has 2 heteroatoms. The van der Waals surface area contributed by atoms with Gasteiger partial charge in [-0.15, -0.1) is 11.6 Å². The van der Waals surface area contributed by atoms with Crippen LogP contribution in [0.2, 0.25) is 0 Å². The van der Waals surface area contributed by atoms with Crippen LogP contribution < -0.4 is 4.74 Å². The fourth-order valence-electron chi connectivity index (χ4n) is 2.06. The van der Waals surface area contributed by atoms with E-state index in [0.717, 1.165) is 22.4 Å². The molecule has 0 N–H and O–H groups in total. The number of rotatable bonds is 3. The molecule has 19 heavy (non-hydrogen) atoms. The number of fused-ring (bicyclic) bond motifs is 1. The van der Waals surface area contributed by atoms with Crippen molar-refractivity contribution in [3.8, 4) is 11.5 Å². The summed E-state index contributed by atoms with van der Waals surface area (Å²) in [4.78, 5) is 0. The number of hydrogen-bond donors (Lipinski definition) is 0. The summed E-state index contributed by atoms with van der Waals surface area (Å²) >= 11 is 5.78. The third-order valence-corrected chi connectivity index (χ3v) is 3.36. The van der Waals surface area contributed by atoms with E-state index < -0.39 is 0 Å². The molecular formula is C17H13ClO.